The molecule has 0 saturated carbocycles. The normalized spacial score (nSPS) is 21.9. The number of hydrogen-bond acceptors (Lipinski definition) is 3. The number of carbonyl (C=O) groups is 1. The van der Waals surface area contributed by atoms with Crippen LogP contribution < -0.4 is 4.90 Å². The monoisotopic (exact) mass is 330 g/mol. The van der Waals surface area contributed by atoms with Gasteiger partial charge in [0.15, 0.2) is 0 Å². The van der Waals surface area contributed by atoms with Gasteiger partial charge in [-0.05, 0) is 70.6 Å². The summed E-state index contributed by atoms with van der Waals surface area (Å²) < 4.78 is 5.64. The summed E-state index contributed by atoms with van der Waals surface area (Å²) in [5, 5.41) is 0. The van der Waals surface area contributed by atoms with Crippen LogP contribution in [-0.2, 0) is 4.74 Å². The van der Waals surface area contributed by atoms with Crippen molar-refractivity contribution in [1.29, 1.82) is 0 Å². The molecule has 2 saturated heterocycles. The molecule has 4 heteroatoms. The number of amides is 1. The van der Waals surface area contributed by atoms with Crippen LogP contribution in [-0.4, -0.2) is 36.2 Å². The Kier molecular flexibility index (Phi) is 5.02. The molecule has 1 aromatic carbocycles. The third-order valence-electron chi connectivity index (χ3n) is 4.86. The fourth-order valence-corrected chi connectivity index (χ4v) is 3.72. The number of rotatable bonds is 2. The summed E-state index contributed by atoms with van der Waals surface area (Å²) in [6, 6.07) is 8.89. The Morgan fingerprint density at radius 3 is 2.50 bits per heavy atom. The number of benzene rings is 1. The van der Waals surface area contributed by atoms with E-state index in [-0.39, 0.29) is 12.1 Å². The predicted octanol–water partition coefficient (Wildman–Crippen LogP) is 4.75. The van der Waals surface area contributed by atoms with Gasteiger partial charge < -0.3 is 14.5 Å². The van der Waals surface area contributed by atoms with E-state index in [4.69, 9.17) is 4.74 Å². The van der Waals surface area contributed by atoms with Gasteiger partial charge >= 0.3 is 6.09 Å². The molecule has 2 aliphatic heterocycles. The number of carbonyl (C=O) groups excluding carboxylic acids is 1. The fraction of sp³-hybridized carbons (Fsp3) is 0.650. The second-order valence-corrected chi connectivity index (χ2v) is 7.97. The molecule has 2 heterocycles. The van der Waals surface area contributed by atoms with Crippen LogP contribution in [0.4, 0.5) is 10.5 Å². The van der Waals surface area contributed by atoms with Gasteiger partial charge in [-0.2, -0.15) is 0 Å². The number of hydrogen-bond donors (Lipinski definition) is 0. The Morgan fingerprint density at radius 2 is 1.79 bits per heavy atom. The van der Waals surface area contributed by atoms with Crippen molar-refractivity contribution in [3.8, 4) is 0 Å². The van der Waals surface area contributed by atoms with Gasteiger partial charge in [0.05, 0.1) is 6.04 Å². The van der Waals surface area contributed by atoms with Crippen molar-refractivity contribution in [2.24, 2.45) is 0 Å². The molecule has 2 aliphatic rings. The Bertz CT molecular complexity index is 573. The molecular weight excluding hydrogens is 300 g/mol. The van der Waals surface area contributed by atoms with Gasteiger partial charge in [0, 0.05) is 25.3 Å². The molecule has 0 bridgehead atoms. The van der Waals surface area contributed by atoms with Crippen LogP contribution in [0.2, 0.25) is 0 Å². The molecule has 0 spiro atoms. The van der Waals surface area contributed by atoms with Crippen molar-refractivity contribution in [3.05, 3.63) is 29.8 Å². The highest BCUT2D eigenvalue weighted by Crippen LogP contribution is 2.34. The van der Waals surface area contributed by atoms with E-state index >= 15 is 0 Å². The molecule has 3 rings (SSSR count). The first-order valence-electron chi connectivity index (χ1n) is 9.28. The molecule has 2 fully saturated rings. The molecule has 4 nitrogen and oxygen atoms in total. The molecule has 1 aromatic rings. The van der Waals surface area contributed by atoms with Gasteiger partial charge in [-0.3, -0.25) is 0 Å². The van der Waals surface area contributed by atoms with Crippen molar-refractivity contribution in [2.45, 2.75) is 64.5 Å². The van der Waals surface area contributed by atoms with Gasteiger partial charge in [0.25, 0.3) is 0 Å². The molecule has 0 N–H and O–H groups in total. The smallest absolute Gasteiger partial charge is 0.410 e. The number of ether oxygens (including phenoxy) is 1. The third-order valence-corrected chi connectivity index (χ3v) is 4.86. The highest BCUT2D eigenvalue weighted by molar-refractivity contribution is 5.69. The van der Waals surface area contributed by atoms with Crippen molar-refractivity contribution < 1.29 is 9.53 Å². The molecular formula is C20H30N2O2. The van der Waals surface area contributed by atoms with Crippen molar-refractivity contribution in [2.75, 3.05) is 24.5 Å². The highest BCUT2D eigenvalue weighted by atomic mass is 16.6. The van der Waals surface area contributed by atoms with Gasteiger partial charge in [-0.1, -0.05) is 12.1 Å². The maximum absolute atomic E-state index is 12.6. The van der Waals surface area contributed by atoms with Gasteiger partial charge in [-0.25, -0.2) is 4.79 Å². The van der Waals surface area contributed by atoms with E-state index in [1.165, 1.54) is 24.1 Å². The minimum Gasteiger partial charge on any atom is -0.444 e. The van der Waals surface area contributed by atoms with Gasteiger partial charge in [-0.15, -0.1) is 0 Å². The first kappa shape index (κ1) is 17.1. The quantitative estimate of drug-likeness (QED) is 0.784. The van der Waals surface area contributed by atoms with E-state index in [1.54, 1.807) is 0 Å². The molecule has 0 aliphatic carbocycles. The van der Waals surface area contributed by atoms with E-state index in [1.807, 2.05) is 25.7 Å². The number of anilines is 1. The lowest BCUT2D eigenvalue weighted by atomic mass is 9.95. The van der Waals surface area contributed by atoms with E-state index in [0.29, 0.717) is 0 Å². The minimum atomic E-state index is -0.448. The van der Waals surface area contributed by atoms with E-state index < -0.39 is 5.60 Å². The molecule has 1 unspecified atom stereocenters. The molecule has 132 valence electrons. The number of piperidine rings is 1. The number of likely N-dealkylation sites (tertiary alicyclic amines) is 1. The molecule has 0 aromatic heterocycles. The first-order chi connectivity index (χ1) is 11.4. The lowest BCUT2D eigenvalue weighted by Crippen LogP contribution is -2.41. The van der Waals surface area contributed by atoms with E-state index in [2.05, 4.69) is 29.2 Å². The Labute approximate surface area is 145 Å². The summed E-state index contributed by atoms with van der Waals surface area (Å²) in [4.78, 5) is 17.0. The molecule has 1 atom stereocenters. The van der Waals surface area contributed by atoms with Crippen LogP contribution in [0, 0.1) is 0 Å². The van der Waals surface area contributed by atoms with Crippen LogP contribution in [0.3, 0.4) is 0 Å². The lowest BCUT2D eigenvalue weighted by Gasteiger charge is -2.37. The van der Waals surface area contributed by atoms with Gasteiger partial charge in [0.1, 0.15) is 5.60 Å². The molecule has 24 heavy (non-hydrogen) atoms. The van der Waals surface area contributed by atoms with Crippen LogP contribution in [0.15, 0.2) is 24.3 Å². The average Bonchev–Trinajstić information content (AvgIpc) is 3.08. The summed E-state index contributed by atoms with van der Waals surface area (Å²) in [6.45, 7) is 8.86. The topological polar surface area (TPSA) is 32.8 Å². The van der Waals surface area contributed by atoms with E-state index in [9.17, 15) is 4.79 Å². The summed E-state index contributed by atoms with van der Waals surface area (Å²) in [6.07, 6.45) is 5.61. The Balaban J connectivity index is 1.80. The standard InChI is InChI=1S/C20H30N2O2/c1-20(2,3)24-19(23)22-14-5-4-11-18(22)16-9-8-10-17(15-16)21-12-6-7-13-21/h8-10,15,18H,4-7,11-14H2,1-3H3. The van der Waals surface area contributed by atoms with E-state index in [0.717, 1.165) is 38.9 Å². The van der Waals surface area contributed by atoms with Crippen LogP contribution >= 0.6 is 0 Å². The molecule has 0 radical (unpaired) electrons. The highest BCUT2D eigenvalue weighted by Gasteiger charge is 2.31. The Hall–Kier alpha value is -1.71. The van der Waals surface area contributed by atoms with Crippen molar-refractivity contribution in [3.63, 3.8) is 0 Å². The van der Waals surface area contributed by atoms with Crippen molar-refractivity contribution >= 4 is 11.8 Å². The zero-order chi connectivity index (χ0) is 17.2. The summed E-state index contributed by atoms with van der Waals surface area (Å²) in [5.74, 6) is 0. The average molecular weight is 330 g/mol. The largest absolute Gasteiger partial charge is 0.444 e. The zero-order valence-corrected chi connectivity index (χ0v) is 15.3. The number of nitrogens with zero attached hydrogens (tertiary/aromatic N) is 2. The maximum atomic E-state index is 12.6. The summed E-state index contributed by atoms with van der Waals surface area (Å²) in [7, 11) is 0. The van der Waals surface area contributed by atoms with Gasteiger partial charge in [0.2, 0.25) is 0 Å². The predicted molar refractivity (Wildman–Crippen MR) is 97.4 cm³/mol. The second-order valence-electron chi connectivity index (χ2n) is 7.97. The zero-order valence-electron chi connectivity index (χ0n) is 15.3. The van der Waals surface area contributed by atoms with Crippen LogP contribution in [0.25, 0.3) is 0 Å². The first-order valence-corrected chi connectivity index (χ1v) is 9.28. The maximum Gasteiger partial charge on any atom is 0.410 e. The Morgan fingerprint density at radius 1 is 1.08 bits per heavy atom. The lowest BCUT2D eigenvalue weighted by molar-refractivity contribution is 0.00952. The molecule has 1 amide bonds. The minimum absolute atomic E-state index is 0.135. The van der Waals surface area contributed by atoms with Crippen LogP contribution in [0.1, 0.15) is 64.5 Å². The SMILES string of the molecule is CC(C)(C)OC(=O)N1CCCCC1c1cccc(N2CCCC2)c1. The third kappa shape index (κ3) is 4.03. The second kappa shape index (κ2) is 7.04. The fourth-order valence-electron chi connectivity index (χ4n) is 3.72. The summed E-state index contributed by atoms with van der Waals surface area (Å²) >= 11 is 0. The van der Waals surface area contributed by atoms with Crippen molar-refractivity contribution in [1.82, 2.24) is 4.90 Å². The van der Waals surface area contributed by atoms with Crippen LogP contribution in [0.5, 0.6) is 0 Å². The summed E-state index contributed by atoms with van der Waals surface area (Å²) in [5.41, 5.74) is 2.08.